The molecule has 76 valence electrons. The number of carbonyl (C=O) groups is 1. The number of rotatable bonds is 3. The third-order valence-corrected chi connectivity index (χ3v) is 2.71. The van der Waals surface area contributed by atoms with E-state index < -0.39 is 0 Å². The smallest absolute Gasteiger partial charge is 0.152 e. The van der Waals surface area contributed by atoms with Gasteiger partial charge >= 0.3 is 0 Å². The van der Waals surface area contributed by atoms with E-state index in [1.165, 1.54) is 0 Å². The van der Waals surface area contributed by atoms with Gasteiger partial charge in [0.15, 0.2) is 5.78 Å². The summed E-state index contributed by atoms with van der Waals surface area (Å²) in [6.07, 6.45) is 2.10. The molecule has 0 aromatic rings. The zero-order valence-electron chi connectivity index (χ0n) is 8.79. The van der Waals surface area contributed by atoms with E-state index in [0.717, 1.165) is 19.4 Å². The van der Waals surface area contributed by atoms with Gasteiger partial charge in [-0.3, -0.25) is 9.69 Å². The van der Waals surface area contributed by atoms with Gasteiger partial charge < -0.3 is 5.73 Å². The third-order valence-electron chi connectivity index (χ3n) is 2.71. The fourth-order valence-corrected chi connectivity index (χ4v) is 1.97. The van der Waals surface area contributed by atoms with Gasteiger partial charge in [-0.25, -0.2) is 0 Å². The fraction of sp³-hybridized carbons (Fsp3) is 0.900. The van der Waals surface area contributed by atoms with Crippen LogP contribution in [0.15, 0.2) is 0 Å². The molecule has 2 unspecified atom stereocenters. The number of likely N-dealkylation sites (tertiary alicyclic amines) is 1. The molecule has 0 bridgehead atoms. The molecule has 0 amide bonds. The lowest BCUT2D eigenvalue weighted by molar-refractivity contribution is -0.126. The van der Waals surface area contributed by atoms with Gasteiger partial charge in [0.1, 0.15) is 0 Å². The van der Waals surface area contributed by atoms with Crippen LogP contribution in [0.2, 0.25) is 0 Å². The van der Waals surface area contributed by atoms with E-state index in [-0.39, 0.29) is 18.1 Å². The monoisotopic (exact) mass is 184 g/mol. The lowest BCUT2D eigenvalue weighted by Crippen LogP contribution is -2.47. The predicted octanol–water partition coefficient (Wildman–Crippen LogP) is 0.981. The molecule has 1 rings (SSSR count). The predicted molar refractivity (Wildman–Crippen MR) is 53.2 cm³/mol. The standard InChI is InChI=1S/C10H20N2O/c1-7(2)10(13)9-5-4-6-12(9)8(3)11/h7-9H,4-6,11H2,1-3H3. The first-order valence-corrected chi connectivity index (χ1v) is 5.09. The summed E-state index contributed by atoms with van der Waals surface area (Å²) >= 11 is 0. The van der Waals surface area contributed by atoms with Crippen LogP contribution in [0.4, 0.5) is 0 Å². The second-order valence-corrected chi connectivity index (χ2v) is 4.19. The Labute approximate surface area is 80.3 Å². The summed E-state index contributed by atoms with van der Waals surface area (Å²) in [4.78, 5) is 13.9. The Kier molecular flexibility index (Phi) is 3.45. The van der Waals surface area contributed by atoms with E-state index in [4.69, 9.17) is 5.73 Å². The van der Waals surface area contributed by atoms with E-state index in [2.05, 4.69) is 4.90 Å². The van der Waals surface area contributed by atoms with Gasteiger partial charge in [-0.15, -0.1) is 0 Å². The van der Waals surface area contributed by atoms with Crippen molar-refractivity contribution in [2.45, 2.75) is 45.8 Å². The Morgan fingerprint density at radius 1 is 1.46 bits per heavy atom. The maximum absolute atomic E-state index is 11.8. The Bertz CT molecular complexity index is 189. The van der Waals surface area contributed by atoms with Crippen LogP contribution >= 0.6 is 0 Å². The SMILES string of the molecule is CC(C)C(=O)C1CCCN1C(C)N. The fourth-order valence-electron chi connectivity index (χ4n) is 1.97. The van der Waals surface area contributed by atoms with Crippen molar-refractivity contribution >= 4 is 5.78 Å². The van der Waals surface area contributed by atoms with Crippen LogP contribution < -0.4 is 5.73 Å². The maximum atomic E-state index is 11.8. The summed E-state index contributed by atoms with van der Waals surface area (Å²) in [5.41, 5.74) is 5.80. The number of ketones is 1. The summed E-state index contributed by atoms with van der Waals surface area (Å²) in [5, 5.41) is 0. The Balaban J connectivity index is 2.63. The average Bonchev–Trinajstić information content (AvgIpc) is 2.50. The minimum absolute atomic E-state index is 0.00944. The molecule has 3 nitrogen and oxygen atoms in total. The van der Waals surface area contributed by atoms with Crippen LogP contribution in [-0.2, 0) is 4.79 Å². The van der Waals surface area contributed by atoms with Crippen LogP contribution in [0.25, 0.3) is 0 Å². The van der Waals surface area contributed by atoms with Crippen molar-refractivity contribution in [3.63, 3.8) is 0 Å². The normalized spacial score (nSPS) is 26.7. The van der Waals surface area contributed by atoms with E-state index >= 15 is 0 Å². The molecule has 1 aliphatic rings. The minimum Gasteiger partial charge on any atom is -0.316 e. The number of carbonyl (C=O) groups excluding carboxylic acids is 1. The molecular weight excluding hydrogens is 164 g/mol. The molecule has 3 heteroatoms. The number of Topliss-reactive ketones (excluding diaryl/α,β-unsaturated/α-hetero) is 1. The van der Waals surface area contributed by atoms with Gasteiger partial charge in [0.2, 0.25) is 0 Å². The minimum atomic E-state index is 0.00944. The van der Waals surface area contributed by atoms with Crippen molar-refractivity contribution in [1.82, 2.24) is 4.90 Å². The maximum Gasteiger partial charge on any atom is 0.152 e. The summed E-state index contributed by atoms with van der Waals surface area (Å²) < 4.78 is 0. The van der Waals surface area contributed by atoms with Crippen molar-refractivity contribution in [3.8, 4) is 0 Å². The average molecular weight is 184 g/mol. The van der Waals surface area contributed by atoms with Gasteiger partial charge in [0, 0.05) is 12.5 Å². The summed E-state index contributed by atoms with van der Waals surface area (Å²) in [6, 6.07) is 0.0833. The quantitative estimate of drug-likeness (QED) is 0.711. The van der Waals surface area contributed by atoms with Crippen molar-refractivity contribution in [1.29, 1.82) is 0 Å². The van der Waals surface area contributed by atoms with Crippen LogP contribution in [0.1, 0.15) is 33.6 Å². The number of hydrogen-bond donors (Lipinski definition) is 1. The van der Waals surface area contributed by atoms with E-state index in [0.29, 0.717) is 5.78 Å². The van der Waals surface area contributed by atoms with Gasteiger partial charge in [-0.2, -0.15) is 0 Å². The molecule has 13 heavy (non-hydrogen) atoms. The highest BCUT2D eigenvalue weighted by atomic mass is 16.1. The van der Waals surface area contributed by atoms with Crippen LogP contribution in [0, 0.1) is 5.92 Å². The highest BCUT2D eigenvalue weighted by Gasteiger charge is 2.33. The molecule has 1 heterocycles. The largest absolute Gasteiger partial charge is 0.316 e. The Morgan fingerprint density at radius 3 is 2.54 bits per heavy atom. The molecule has 2 atom stereocenters. The molecule has 0 aliphatic carbocycles. The topological polar surface area (TPSA) is 46.3 Å². The van der Waals surface area contributed by atoms with Gasteiger partial charge in [0.05, 0.1) is 12.2 Å². The molecule has 0 saturated carbocycles. The lowest BCUT2D eigenvalue weighted by Gasteiger charge is -2.27. The zero-order chi connectivity index (χ0) is 10.0. The lowest BCUT2D eigenvalue weighted by atomic mass is 10.00. The molecular formula is C10H20N2O. The molecule has 0 radical (unpaired) electrons. The number of hydrogen-bond acceptors (Lipinski definition) is 3. The molecule has 0 aromatic heterocycles. The number of nitrogens with zero attached hydrogens (tertiary/aromatic N) is 1. The molecule has 0 spiro atoms. The zero-order valence-corrected chi connectivity index (χ0v) is 8.79. The molecule has 2 N–H and O–H groups in total. The Hall–Kier alpha value is -0.410. The summed E-state index contributed by atoms with van der Waals surface area (Å²) in [6.45, 7) is 6.84. The molecule has 0 aromatic carbocycles. The van der Waals surface area contributed by atoms with E-state index in [9.17, 15) is 4.79 Å². The van der Waals surface area contributed by atoms with Crippen LogP contribution in [0.3, 0.4) is 0 Å². The van der Waals surface area contributed by atoms with E-state index in [1.807, 2.05) is 20.8 Å². The highest BCUT2D eigenvalue weighted by molar-refractivity contribution is 5.86. The molecule has 1 aliphatic heterocycles. The van der Waals surface area contributed by atoms with E-state index in [1.54, 1.807) is 0 Å². The van der Waals surface area contributed by atoms with Crippen molar-refractivity contribution in [2.75, 3.05) is 6.54 Å². The van der Waals surface area contributed by atoms with Gasteiger partial charge in [-0.05, 0) is 19.8 Å². The van der Waals surface area contributed by atoms with Crippen LogP contribution in [0.5, 0.6) is 0 Å². The second-order valence-electron chi connectivity index (χ2n) is 4.19. The van der Waals surface area contributed by atoms with Gasteiger partial charge in [-0.1, -0.05) is 13.8 Å². The summed E-state index contributed by atoms with van der Waals surface area (Å²) in [7, 11) is 0. The van der Waals surface area contributed by atoms with Crippen molar-refractivity contribution < 1.29 is 4.79 Å². The van der Waals surface area contributed by atoms with Gasteiger partial charge in [0.25, 0.3) is 0 Å². The van der Waals surface area contributed by atoms with Crippen molar-refractivity contribution in [2.24, 2.45) is 11.7 Å². The molecule has 1 fully saturated rings. The second kappa shape index (κ2) is 4.20. The first-order chi connectivity index (χ1) is 6.04. The Morgan fingerprint density at radius 2 is 2.08 bits per heavy atom. The first kappa shape index (κ1) is 10.7. The summed E-state index contributed by atoms with van der Waals surface area (Å²) in [5.74, 6) is 0.471. The highest BCUT2D eigenvalue weighted by Crippen LogP contribution is 2.21. The number of nitrogens with two attached hydrogens (primary N) is 1. The molecule has 1 saturated heterocycles. The van der Waals surface area contributed by atoms with Crippen LogP contribution in [-0.4, -0.2) is 29.4 Å². The van der Waals surface area contributed by atoms with Crippen molar-refractivity contribution in [3.05, 3.63) is 0 Å². The third kappa shape index (κ3) is 2.29. The first-order valence-electron chi connectivity index (χ1n) is 5.09.